The van der Waals surface area contributed by atoms with Gasteiger partial charge in [-0.15, -0.1) is 0 Å². The summed E-state index contributed by atoms with van der Waals surface area (Å²) >= 11 is 0. The Kier molecular flexibility index (Phi) is 4.91. The van der Waals surface area contributed by atoms with Crippen molar-refractivity contribution in [2.24, 2.45) is 5.92 Å². The first-order valence-electron chi connectivity index (χ1n) is 10.5. The molecule has 1 fully saturated rings. The monoisotopic (exact) mass is 427 g/mol. The van der Waals surface area contributed by atoms with E-state index >= 15 is 0 Å². The summed E-state index contributed by atoms with van der Waals surface area (Å²) in [5, 5.41) is 0.878. The highest BCUT2D eigenvalue weighted by Crippen LogP contribution is 2.39. The van der Waals surface area contributed by atoms with Gasteiger partial charge in [0.25, 0.3) is 0 Å². The molecular weight excluding hydrogens is 406 g/mol. The minimum Gasteiger partial charge on any atom is -0.342 e. The highest BCUT2D eigenvalue weighted by molar-refractivity contribution is 5.82. The van der Waals surface area contributed by atoms with Crippen molar-refractivity contribution in [1.29, 1.82) is 0 Å². The molecule has 0 bridgehead atoms. The van der Waals surface area contributed by atoms with Crippen LogP contribution in [-0.2, 0) is 12.6 Å². The van der Waals surface area contributed by atoms with Crippen molar-refractivity contribution in [2.75, 3.05) is 0 Å². The zero-order valence-corrected chi connectivity index (χ0v) is 16.7. The van der Waals surface area contributed by atoms with Crippen LogP contribution in [0.1, 0.15) is 48.6 Å². The summed E-state index contributed by atoms with van der Waals surface area (Å²) in [7, 11) is 0. The van der Waals surface area contributed by atoms with Crippen LogP contribution in [0.15, 0.2) is 48.7 Å². The van der Waals surface area contributed by atoms with Gasteiger partial charge in [0.1, 0.15) is 11.6 Å². The number of halogens is 4. The highest BCUT2D eigenvalue weighted by Gasteiger charge is 2.31. The molecule has 0 radical (unpaired) electrons. The molecule has 1 saturated carbocycles. The van der Waals surface area contributed by atoms with Crippen molar-refractivity contribution in [1.82, 2.24) is 15.0 Å². The lowest BCUT2D eigenvalue weighted by atomic mass is 9.77. The van der Waals surface area contributed by atoms with Gasteiger partial charge in [-0.3, -0.25) is 4.98 Å². The Balaban J connectivity index is 1.29. The number of benzene rings is 2. The first-order valence-corrected chi connectivity index (χ1v) is 10.5. The van der Waals surface area contributed by atoms with Crippen LogP contribution in [0.25, 0.3) is 21.9 Å². The minimum atomic E-state index is -4.37. The lowest BCUT2D eigenvalue weighted by molar-refractivity contribution is -0.137. The van der Waals surface area contributed by atoms with Crippen LogP contribution in [-0.4, -0.2) is 15.0 Å². The number of aromatic nitrogens is 3. The molecule has 0 atom stereocenters. The summed E-state index contributed by atoms with van der Waals surface area (Å²) in [5.74, 6) is 1.25. The van der Waals surface area contributed by atoms with Crippen molar-refractivity contribution in [3.63, 3.8) is 0 Å². The van der Waals surface area contributed by atoms with Crippen molar-refractivity contribution in [3.8, 4) is 0 Å². The lowest BCUT2D eigenvalue weighted by Crippen LogP contribution is -2.16. The van der Waals surface area contributed by atoms with E-state index in [1.54, 1.807) is 18.3 Å². The standard InChI is InChI=1S/C24H21F4N3/c25-17-6-8-20-19(13-17)18(9-10-29-20)15-3-1-14(2-4-15)11-23-30-21-7-5-16(24(26,27)28)12-22(21)31-23/h5-10,12-15H,1-4,11H2,(H,30,31). The SMILES string of the molecule is Fc1ccc2nccc(C3CCC(Cc4nc5cc(C(F)(F)F)ccc5[nH]4)CC3)c2c1. The van der Waals surface area contributed by atoms with Crippen LogP contribution in [0.4, 0.5) is 17.6 Å². The first kappa shape index (κ1) is 20.0. The third-order valence-electron chi connectivity index (χ3n) is 6.37. The molecule has 0 saturated heterocycles. The van der Waals surface area contributed by atoms with Gasteiger partial charge in [-0.1, -0.05) is 0 Å². The molecule has 0 unspecified atom stereocenters. The van der Waals surface area contributed by atoms with Gasteiger partial charge in [0.05, 0.1) is 22.1 Å². The summed E-state index contributed by atoms with van der Waals surface area (Å²) in [6.07, 6.45) is 2.09. The quantitative estimate of drug-likeness (QED) is 0.366. The van der Waals surface area contributed by atoms with E-state index in [4.69, 9.17) is 0 Å². The summed E-state index contributed by atoms with van der Waals surface area (Å²) in [6.45, 7) is 0. The molecule has 1 aliphatic rings. The normalized spacial score (nSPS) is 19.9. The number of aromatic amines is 1. The maximum Gasteiger partial charge on any atom is 0.416 e. The predicted molar refractivity (Wildman–Crippen MR) is 111 cm³/mol. The molecule has 5 rings (SSSR count). The van der Waals surface area contributed by atoms with Gasteiger partial charge in [0, 0.05) is 18.0 Å². The Morgan fingerprint density at radius 1 is 0.935 bits per heavy atom. The maximum absolute atomic E-state index is 13.8. The fraction of sp³-hybridized carbons (Fsp3) is 0.333. The van der Waals surface area contributed by atoms with Crippen LogP contribution >= 0.6 is 0 Å². The fourth-order valence-corrected chi connectivity index (χ4v) is 4.78. The maximum atomic E-state index is 13.8. The largest absolute Gasteiger partial charge is 0.416 e. The van der Waals surface area contributed by atoms with Gasteiger partial charge < -0.3 is 4.98 Å². The fourth-order valence-electron chi connectivity index (χ4n) is 4.78. The number of fused-ring (bicyclic) bond motifs is 2. The number of nitrogens with one attached hydrogen (secondary N) is 1. The van der Waals surface area contributed by atoms with E-state index in [9.17, 15) is 17.6 Å². The van der Waals surface area contributed by atoms with Crippen LogP contribution in [0.2, 0.25) is 0 Å². The Hall–Kier alpha value is -2.96. The molecule has 2 heterocycles. The van der Waals surface area contributed by atoms with Gasteiger partial charge in [0.2, 0.25) is 0 Å². The molecule has 7 heteroatoms. The van der Waals surface area contributed by atoms with Crippen LogP contribution in [0.3, 0.4) is 0 Å². The minimum absolute atomic E-state index is 0.256. The number of nitrogens with zero attached hydrogens (tertiary/aromatic N) is 2. The molecule has 0 amide bonds. The number of hydrogen-bond donors (Lipinski definition) is 1. The second-order valence-corrected chi connectivity index (χ2v) is 8.40. The third kappa shape index (κ3) is 4.01. The number of hydrogen-bond acceptors (Lipinski definition) is 2. The zero-order valence-electron chi connectivity index (χ0n) is 16.7. The van der Waals surface area contributed by atoms with E-state index < -0.39 is 11.7 Å². The first-order chi connectivity index (χ1) is 14.9. The molecule has 2 aromatic carbocycles. The molecule has 3 nitrogen and oxygen atoms in total. The molecule has 0 aliphatic heterocycles. The number of alkyl halides is 3. The van der Waals surface area contributed by atoms with E-state index in [1.165, 1.54) is 12.1 Å². The lowest BCUT2D eigenvalue weighted by Gasteiger charge is -2.29. The van der Waals surface area contributed by atoms with E-state index in [-0.39, 0.29) is 5.82 Å². The molecular formula is C24H21F4N3. The van der Waals surface area contributed by atoms with Crippen molar-refractivity contribution >= 4 is 21.9 Å². The second kappa shape index (κ2) is 7.62. The van der Waals surface area contributed by atoms with E-state index in [2.05, 4.69) is 15.0 Å². The number of H-pyrrole nitrogens is 1. The molecule has 1 N–H and O–H groups in total. The molecule has 2 aromatic heterocycles. The zero-order chi connectivity index (χ0) is 21.6. The average molecular weight is 427 g/mol. The van der Waals surface area contributed by atoms with Crippen molar-refractivity contribution < 1.29 is 17.6 Å². The third-order valence-corrected chi connectivity index (χ3v) is 6.37. The van der Waals surface area contributed by atoms with Gasteiger partial charge in [-0.25, -0.2) is 9.37 Å². The smallest absolute Gasteiger partial charge is 0.342 e. The van der Waals surface area contributed by atoms with Gasteiger partial charge in [0.15, 0.2) is 0 Å². The summed E-state index contributed by atoms with van der Waals surface area (Å²) in [5.41, 5.74) is 2.25. The summed E-state index contributed by atoms with van der Waals surface area (Å²) in [4.78, 5) is 11.9. The van der Waals surface area contributed by atoms with Crippen LogP contribution in [0, 0.1) is 11.7 Å². The van der Waals surface area contributed by atoms with Crippen molar-refractivity contribution in [2.45, 2.75) is 44.2 Å². The van der Waals surface area contributed by atoms with Crippen molar-refractivity contribution in [3.05, 3.63) is 71.4 Å². The highest BCUT2D eigenvalue weighted by atomic mass is 19.4. The topological polar surface area (TPSA) is 41.6 Å². The van der Waals surface area contributed by atoms with Gasteiger partial charge in [-0.2, -0.15) is 13.2 Å². The Bertz CT molecular complexity index is 1240. The number of pyridine rings is 1. The Morgan fingerprint density at radius 3 is 2.52 bits per heavy atom. The van der Waals surface area contributed by atoms with Gasteiger partial charge >= 0.3 is 6.18 Å². The molecule has 160 valence electrons. The van der Waals surface area contributed by atoms with E-state index in [0.717, 1.165) is 60.1 Å². The predicted octanol–water partition coefficient (Wildman–Crippen LogP) is 6.79. The van der Waals surface area contributed by atoms with E-state index in [1.807, 2.05) is 6.07 Å². The number of rotatable bonds is 3. The molecule has 31 heavy (non-hydrogen) atoms. The second-order valence-electron chi connectivity index (χ2n) is 8.40. The average Bonchev–Trinajstić information content (AvgIpc) is 3.15. The Morgan fingerprint density at radius 2 is 1.74 bits per heavy atom. The van der Waals surface area contributed by atoms with E-state index in [0.29, 0.717) is 29.3 Å². The van der Waals surface area contributed by atoms with Crippen LogP contribution < -0.4 is 0 Å². The Labute approximate surface area is 176 Å². The summed E-state index contributed by atoms with van der Waals surface area (Å²) in [6, 6.07) is 10.3. The number of imidazole rings is 1. The molecule has 1 aliphatic carbocycles. The van der Waals surface area contributed by atoms with Crippen LogP contribution in [0.5, 0.6) is 0 Å². The molecule has 4 aromatic rings. The van der Waals surface area contributed by atoms with Gasteiger partial charge in [-0.05, 0) is 85.5 Å². The summed E-state index contributed by atoms with van der Waals surface area (Å²) < 4.78 is 52.6. The molecule has 0 spiro atoms.